The van der Waals surface area contributed by atoms with E-state index in [1.54, 1.807) is 21.6 Å². The average molecular weight is 419 g/mol. The highest BCUT2D eigenvalue weighted by atomic mass is 16.2. The van der Waals surface area contributed by atoms with Gasteiger partial charge in [0.15, 0.2) is 0 Å². The molecule has 0 radical (unpaired) electrons. The van der Waals surface area contributed by atoms with Gasteiger partial charge in [-0.3, -0.25) is 4.79 Å². The Labute approximate surface area is 185 Å². The molecule has 5 aromatic rings. The zero-order chi connectivity index (χ0) is 21.8. The smallest absolute Gasteiger partial charge is 0.275 e. The number of carbonyl (C=O) groups excluding carboxylic acids is 1. The Morgan fingerprint density at radius 2 is 1.47 bits per heavy atom. The van der Waals surface area contributed by atoms with E-state index in [1.807, 2.05) is 97.1 Å². The summed E-state index contributed by atoms with van der Waals surface area (Å²) in [6, 6.07) is 33.1. The van der Waals surface area contributed by atoms with Crippen molar-refractivity contribution in [3.8, 4) is 16.9 Å². The molecule has 0 unspecified atom stereocenters. The van der Waals surface area contributed by atoms with E-state index in [1.165, 1.54) is 0 Å². The highest BCUT2D eigenvalue weighted by Gasteiger charge is 2.19. The number of para-hydroxylation sites is 1. The molecular formula is C26H21N5O. The SMILES string of the molecule is O=C(Nc1ccnn1Cc1ccccc1)c1cc(-c2ccccc2)nn1-c1ccccc1. The molecule has 5 rings (SSSR count). The molecule has 1 N–H and O–H groups in total. The average Bonchev–Trinajstić information content (AvgIpc) is 3.48. The fourth-order valence-corrected chi connectivity index (χ4v) is 3.56. The summed E-state index contributed by atoms with van der Waals surface area (Å²) in [4.78, 5) is 13.3. The number of carbonyl (C=O) groups is 1. The molecule has 6 nitrogen and oxygen atoms in total. The van der Waals surface area contributed by atoms with Crippen LogP contribution in [0.15, 0.2) is 109 Å². The van der Waals surface area contributed by atoms with Crippen molar-refractivity contribution in [3.05, 3.63) is 121 Å². The molecule has 0 spiro atoms. The predicted octanol–water partition coefficient (Wildman–Crippen LogP) is 5.04. The third-order valence-corrected chi connectivity index (χ3v) is 5.15. The molecule has 6 heteroatoms. The highest BCUT2D eigenvalue weighted by Crippen LogP contribution is 2.22. The normalized spacial score (nSPS) is 10.8. The van der Waals surface area contributed by atoms with Gasteiger partial charge in [0.2, 0.25) is 0 Å². The standard InChI is InChI=1S/C26H21N5O/c32-26(28-25-16-17-27-30(25)19-20-10-4-1-5-11-20)24-18-23(21-12-6-2-7-13-21)29-31(24)22-14-8-3-9-15-22/h1-18H,19H2,(H,28,32). The van der Waals surface area contributed by atoms with Gasteiger partial charge in [-0.05, 0) is 23.8 Å². The van der Waals surface area contributed by atoms with Gasteiger partial charge in [0, 0.05) is 11.6 Å². The number of hydrogen-bond acceptors (Lipinski definition) is 3. The minimum Gasteiger partial charge on any atom is -0.305 e. The Hall–Kier alpha value is -4.45. The molecule has 32 heavy (non-hydrogen) atoms. The fraction of sp³-hybridized carbons (Fsp3) is 0.0385. The first-order valence-corrected chi connectivity index (χ1v) is 10.4. The van der Waals surface area contributed by atoms with Crippen LogP contribution in [0.2, 0.25) is 0 Å². The van der Waals surface area contributed by atoms with Gasteiger partial charge in [-0.2, -0.15) is 10.2 Å². The molecule has 0 bridgehead atoms. The van der Waals surface area contributed by atoms with E-state index in [4.69, 9.17) is 5.10 Å². The van der Waals surface area contributed by atoms with Gasteiger partial charge >= 0.3 is 0 Å². The van der Waals surface area contributed by atoms with Crippen LogP contribution in [0.1, 0.15) is 16.1 Å². The number of nitrogens with one attached hydrogen (secondary N) is 1. The minimum absolute atomic E-state index is 0.252. The number of hydrogen-bond donors (Lipinski definition) is 1. The van der Waals surface area contributed by atoms with E-state index in [9.17, 15) is 4.79 Å². The molecule has 156 valence electrons. The van der Waals surface area contributed by atoms with E-state index in [2.05, 4.69) is 10.4 Å². The quantitative estimate of drug-likeness (QED) is 0.420. The number of amides is 1. The number of aromatic nitrogens is 4. The minimum atomic E-state index is -0.252. The van der Waals surface area contributed by atoms with E-state index in [0.717, 1.165) is 22.5 Å². The Bertz CT molecular complexity index is 1320. The van der Waals surface area contributed by atoms with Crippen LogP contribution in [0, 0.1) is 0 Å². The highest BCUT2D eigenvalue weighted by molar-refractivity contribution is 6.03. The summed E-state index contributed by atoms with van der Waals surface area (Å²) >= 11 is 0. The van der Waals surface area contributed by atoms with Crippen LogP contribution in [0.3, 0.4) is 0 Å². The number of anilines is 1. The van der Waals surface area contributed by atoms with E-state index in [-0.39, 0.29) is 5.91 Å². The number of benzene rings is 3. The van der Waals surface area contributed by atoms with Gasteiger partial charge in [-0.25, -0.2) is 9.36 Å². The Balaban J connectivity index is 1.48. The molecule has 0 fully saturated rings. The third kappa shape index (κ3) is 4.06. The second kappa shape index (κ2) is 8.73. The van der Waals surface area contributed by atoms with Crippen molar-refractivity contribution in [1.82, 2.24) is 19.6 Å². The maximum absolute atomic E-state index is 13.3. The van der Waals surface area contributed by atoms with Gasteiger partial charge in [0.1, 0.15) is 11.5 Å². The summed E-state index contributed by atoms with van der Waals surface area (Å²) in [5.41, 5.74) is 4.05. The van der Waals surface area contributed by atoms with Crippen LogP contribution < -0.4 is 5.32 Å². The lowest BCUT2D eigenvalue weighted by atomic mass is 10.1. The molecule has 0 saturated heterocycles. The summed E-state index contributed by atoms with van der Waals surface area (Å²) in [5, 5.41) is 12.1. The molecule has 0 atom stereocenters. The molecule has 0 aliphatic heterocycles. The van der Waals surface area contributed by atoms with Gasteiger partial charge in [-0.1, -0.05) is 78.9 Å². The Morgan fingerprint density at radius 3 is 2.19 bits per heavy atom. The molecule has 2 heterocycles. The Kier molecular flexibility index (Phi) is 5.32. The largest absolute Gasteiger partial charge is 0.305 e. The van der Waals surface area contributed by atoms with Crippen molar-refractivity contribution >= 4 is 11.7 Å². The van der Waals surface area contributed by atoms with Gasteiger partial charge in [0.25, 0.3) is 5.91 Å². The second-order valence-corrected chi connectivity index (χ2v) is 7.34. The summed E-state index contributed by atoms with van der Waals surface area (Å²) in [6.07, 6.45) is 1.68. The lowest BCUT2D eigenvalue weighted by Gasteiger charge is -2.10. The predicted molar refractivity (Wildman–Crippen MR) is 125 cm³/mol. The third-order valence-electron chi connectivity index (χ3n) is 5.15. The van der Waals surface area contributed by atoms with Crippen molar-refractivity contribution in [2.24, 2.45) is 0 Å². The lowest BCUT2D eigenvalue weighted by Crippen LogP contribution is -2.19. The lowest BCUT2D eigenvalue weighted by molar-refractivity contribution is 0.101. The zero-order valence-electron chi connectivity index (χ0n) is 17.3. The summed E-state index contributed by atoms with van der Waals surface area (Å²) < 4.78 is 3.45. The maximum atomic E-state index is 13.3. The molecule has 0 saturated carbocycles. The topological polar surface area (TPSA) is 64.7 Å². The first-order valence-electron chi connectivity index (χ1n) is 10.4. The monoisotopic (exact) mass is 419 g/mol. The molecule has 0 aliphatic rings. The number of rotatable bonds is 6. The summed E-state index contributed by atoms with van der Waals surface area (Å²) in [7, 11) is 0. The van der Waals surface area contributed by atoms with Gasteiger partial charge in [-0.15, -0.1) is 0 Å². The van der Waals surface area contributed by atoms with Crippen molar-refractivity contribution in [1.29, 1.82) is 0 Å². The second-order valence-electron chi connectivity index (χ2n) is 7.34. The van der Waals surface area contributed by atoms with Crippen molar-refractivity contribution < 1.29 is 4.79 Å². The molecular weight excluding hydrogens is 398 g/mol. The van der Waals surface area contributed by atoms with Crippen molar-refractivity contribution in [3.63, 3.8) is 0 Å². The maximum Gasteiger partial charge on any atom is 0.275 e. The molecule has 2 aromatic heterocycles. The molecule has 1 amide bonds. The van der Waals surface area contributed by atoms with Crippen molar-refractivity contribution in [2.75, 3.05) is 5.32 Å². The molecule has 0 aliphatic carbocycles. The van der Waals surface area contributed by atoms with Crippen LogP contribution in [0.4, 0.5) is 5.82 Å². The first kappa shape index (κ1) is 19.5. The Morgan fingerprint density at radius 1 is 0.812 bits per heavy atom. The summed E-state index contributed by atoms with van der Waals surface area (Å²) in [5.74, 6) is 0.374. The fourth-order valence-electron chi connectivity index (χ4n) is 3.56. The summed E-state index contributed by atoms with van der Waals surface area (Å²) in [6.45, 7) is 0.566. The van der Waals surface area contributed by atoms with Gasteiger partial charge < -0.3 is 5.32 Å². The van der Waals surface area contributed by atoms with Crippen LogP contribution in [-0.4, -0.2) is 25.5 Å². The van der Waals surface area contributed by atoms with E-state index >= 15 is 0 Å². The van der Waals surface area contributed by atoms with Crippen molar-refractivity contribution in [2.45, 2.75) is 6.54 Å². The van der Waals surface area contributed by atoms with Crippen LogP contribution in [-0.2, 0) is 6.54 Å². The number of nitrogens with zero attached hydrogens (tertiary/aromatic N) is 4. The zero-order valence-corrected chi connectivity index (χ0v) is 17.3. The van der Waals surface area contributed by atoms with Crippen LogP contribution in [0.5, 0.6) is 0 Å². The van der Waals surface area contributed by atoms with Gasteiger partial charge in [0.05, 0.1) is 24.1 Å². The van der Waals surface area contributed by atoms with E-state index in [0.29, 0.717) is 18.1 Å². The first-order chi connectivity index (χ1) is 15.8. The van der Waals surface area contributed by atoms with Crippen LogP contribution in [0.25, 0.3) is 16.9 Å². The molecule has 3 aromatic carbocycles. The van der Waals surface area contributed by atoms with Crippen LogP contribution >= 0.6 is 0 Å². The van der Waals surface area contributed by atoms with E-state index < -0.39 is 0 Å².